The lowest BCUT2D eigenvalue weighted by Crippen LogP contribution is -3.13. The Balaban J connectivity index is 1.37. The van der Waals surface area contributed by atoms with Crippen molar-refractivity contribution in [2.45, 2.75) is 12.6 Å². The molecule has 1 aliphatic heterocycles. The Bertz CT molecular complexity index is 819. The number of morpholine rings is 1. The van der Waals surface area contributed by atoms with Gasteiger partial charge in [0.25, 0.3) is 0 Å². The van der Waals surface area contributed by atoms with Crippen LogP contribution in [0.15, 0.2) is 60.9 Å². The summed E-state index contributed by atoms with van der Waals surface area (Å²) in [4.78, 5) is 10.3. The maximum atomic E-state index is 5.95. The van der Waals surface area contributed by atoms with Crippen LogP contribution < -0.4 is 10.2 Å². The Hall–Kier alpha value is -2.50. The SMILES string of the molecule is c1ccc(C[NH+]2CCO[C@H](CNc3ncnc4ccccc34)C2)cc1. The molecule has 1 fully saturated rings. The van der Waals surface area contributed by atoms with Gasteiger partial charge in [0.05, 0.1) is 12.1 Å². The van der Waals surface area contributed by atoms with Crippen LogP contribution in [-0.4, -0.2) is 42.3 Å². The van der Waals surface area contributed by atoms with Crippen LogP contribution >= 0.6 is 0 Å². The van der Waals surface area contributed by atoms with Gasteiger partial charge in [0.1, 0.15) is 37.9 Å². The summed E-state index contributed by atoms with van der Waals surface area (Å²) in [6.45, 7) is 4.68. The van der Waals surface area contributed by atoms with Crippen LogP contribution in [0, 0.1) is 0 Å². The minimum Gasteiger partial charge on any atom is -0.367 e. The van der Waals surface area contributed by atoms with Crippen LogP contribution in [0.25, 0.3) is 10.9 Å². The zero-order valence-electron chi connectivity index (χ0n) is 14.2. The van der Waals surface area contributed by atoms with Gasteiger partial charge in [0.2, 0.25) is 0 Å². The van der Waals surface area contributed by atoms with Crippen molar-refractivity contribution in [1.29, 1.82) is 0 Å². The van der Waals surface area contributed by atoms with Gasteiger partial charge in [-0.2, -0.15) is 0 Å². The molecule has 128 valence electrons. The Morgan fingerprint density at radius 1 is 1.04 bits per heavy atom. The second kappa shape index (κ2) is 7.59. The van der Waals surface area contributed by atoms with E-state index < -0.39 is 0 Å². The molecule has 2 heterocycles. The highest BCUT2D eigenvalue weighted by Crippen LogP contribution is 2.18. The lowest BCUT2D eigenvalue weighted by molar-refractivity contribution is -0.924. The lowest BCUT2D eigenvalue weighted by Gasteiger charge is -2.30. The molecule has 2 aromatic carbocycles. The molecule has 25 heavy (non-hydrogen) atoms. The summed E-state index contributed by atoms with van der Waals surface area (Å²) in [5.41, 5.74) is 2.34. The van der Waals surface area contributed by atoms with Crippen LogP contribution in [0.1, 0.15) is 5.56 Å². The number of aromatic nitrogens is 2. The number of rotatable bonds is 5. The molecule has 0 saturated carbocycles. The molecule has 2 atom stereocenters. The van der Waals surface area contributed by atoms with Crippen molar-refractivity contribution in [2.75, 3.05) is 31.6 Å². The van der Waals surface area contributed by atoms with Crippen LogP contribution in [0.3, 0.4) is 0 Å². The van der Waals surface area contributed by atoms with Crippen molar-refractivity contribution in [2.24, 2.45) is 0 Å². The molecule has 5 heteroatoms. The van der Waals surface area contributed by atoms with Crippen molar-refractivity contribution < 1.29 is 9.64 Å². The monoisotopic (exact) mass is 335 g/mol. The number of quaternary nitrogens is 1. The van der Waals surface area contributed by atoms with Gasteiger partial charge in [-0.1, -0.05) is 42.5 Å². The first-order chi connectivity index (χ1) is 12.4. The Labute approximate surface area is 147 Å². The molecule has 3 aromatic rings. The number of nitrogens with one attached hydrogen (secondary N) is 2. The van der Waals surface area contributed by atoms with E-state index in [1.165, 1.54) is 5.56 Å². The fourth-order valence-corrected chi connectivity index (χ4v) is 3.39. The quantitative estimate of drug-likeness (QED) is 0.742. The van der Waals surface area contributed by atoms with E-state index in [1.54, 1.807) is 11.2 Å². The average molecular weight is 335 g/mol. The van der Waals surface area contributed by atoms with Gasteiger partial charge < -0.3 is 15.0 Å². The van der Waals surface area contributed by atoms with E-state index in [2.05, 4.69) is 45.6 Å². The fraction of sp³-hybridized carbons (Fsp3) is 0.300. The molecule has 0 spiro atoms. The third-order valence-electron chi connectivity index (χ3n) is 4.66. The summed E-state index contributed by atoms with van der Waals surface area (Å²) in [6.07, 6.45) is 1.81. The largest absolute Gasteiger partial charge is 0.367 e. The van der Waals surface area contributed by atoms with Crippen LogP contribution in [0.5, 0.6) is 0 Å². The van der Waals surface area contributed by atoms with Crippen LogP contribution in [0.2, 0.25) is 0 Å². The van der Waals surface area contributed by atoms with Gasteiger partial charge in [-0.25, -0.2) is 9.97 Å². The zero-order valence-corrected chi connectivity index (χ0v) is 14.2. The number of benzene rings is 2. The van der Waals surface area contributed by atoms with E-state index in [1.807, 2.05) is 24.3 Å². The van der Waals surface area contributed by atoms with Gasteiger partial charge in [-0.3, -0.25) is 0 Å². The normalized spacial score (nSPS) is 20.5. The van der Waals surface area contributed by atoms with Gasteiger partial charge >= 0.3 is 0 Å². The zero-order chi connectivity index (χ0) is 16.9. The molecule has 0 bridgehead atoms. The molecule has 1 aromatic heterocycles. The first-order valence-electron chi connectivity index (χ1n) is 8.81. The van der Waals surface area contributed by atoms with E-state index in [4.69, 9.17) is 4.74 Å². The van der Waals surface area contributed by atoms with E-state index in [9.17, 15) is 0 Å². The standard InChI is InChI=1S/C20H22N4O/c1-2-6-16(7-3-1)13-24-10-11-25-17(14-24)12-21-20-18-8-4-5-9-19(18)22-15-23-20/h1-9,15,17H,10-14H2,(H,21,22,23)/p+1/t17-/m1/s1. The Morgan fingerprint density at radius 3 is 2.80 bits per heavy atom. The topological polar surface area (TPSA) is 51.5 Å². The van der Waals surface area contributed by atoms with Crippen LogP contribution in [0.4, 0.5) is 5.82 Å². The Morgan fingerprint density at radius 2 is 1.88 bits per heavy atom. The minimum absolute atomic E-state index is 0.196. The summed E-state index contributed by atoms with van der Waals surface area (Å²) in [5, 5.41) is 4.50. The number of para-hydroxylation sites is 1. The third-order valence-corrected chi connectivity index (χ3v) is 4.66. The van der Waals surface area contributed by atoms with Crippen LogP contribution in [-0.2, 0) is 11.3 Å². The highest BCUT2D eigenvalue weighted by molar-refractivity contribution is 5.88. The van der Waals surface area contributed by atoms with Crippen molar-refractivity contribution >= 4 is 16.7 Å². The third kappa shape index (κ3) is 3.95. The number of fused-ring (bicyclic) bond motifs is 1. The summed E-state index contributed by atoms with van der Waals surface area (Å²) < 4.78 is 5.95. The highest BCUT2D eigenvalue weighted by atomic mass is 16.5. The number of nitrogens with zero attached hydrogens (tertiary/aromatic N) is 2. The first kappa shape index (κ1) is 16.0. The van der Waals surface area contributed by atoms with Crippen molar-refractivity contribution in [3.05, 3.63) is 66.5 Å². The molecule has 0 amide bonds. The molecule has 1 aliphatic rings. The number of hydrogen-bond acceptors (Lipinski definition) is 4. The molecule has 0 aliphatic carbocycles. The van der Waals surface area contributed by atoms with E-state index in [0.29, 0.717) is 0 Å². The average Bonchev–Trinajstić information content (AvgIpc) is 2.67. The predicted molar refractivity (Wildman–Crippen MR) is 98.6 cm³/mol. The highest BCUT2D eigenvalue weighted by Gasteiger charge is 2.23. The molecule has 2 N–H and O–H groups in total. The minimum atomic E-state index is 0.196. The molecule has 0 radical (unpaired) electrons. The second-order valence-electron chi connectivity index (χ2n) is 6.48. The van der Waals surface area contributed by atoms with Gasteiger partial charge in [-0.15, -0.1) is 0 Å². The number of ether oxygens (including phenoxy) is 1. The van der Waals surface area contributed by atoms with E-state index >= 15 is 0 Å². The first-order valence-corrected chi connectivity index (χ1v) is 8.81. The van der Waals surface area contributed by atoms with Gasteiger partial charge in [0.15, 0.2) is 0 Å². The lowest BCUT2D eigenvalue weighted by atomic mass is 10.2. The predicted octanol–water partition coefficient (Wildman–Crippen LogP) is 1.53. The molecule has 1 unspecified atom stereocenters. The van der Waals surface area contributed by atoms with E-state index in [-0.39, 0.29) is 6.10 Å². The maximum Gasteiger partial charge on any atom is 0.137 e. The fourth-order valence-electron chi connectivity index (χ4n) is 3.39. The van der Waals surface area contributed by atoms with Crippen molar-refractivity contribution in [1.82, 2.24) is 9.97 Å². The van der Waals surface area contributed by atoms with Gasteiger partial charge in [-0.05, 0) is 12.1 Å². The van der Waals surface area contributed by atoms with Crippen molar-refractivity contribution in [3.63, 3.8) is 0 Å². The smallest absolute Gasteiger partial charge is 0.137 e. The molecular weight excluding hydrogens is 312 g/mol. The molecular formula is C20H23N4O+. The summed E-state index contributed by atoms with van der Waals surface area (Å²) in [6, 6.07) is 18.7. The van der Waals surface area contributed by atoms with Gasteiger partial charge in [0, 0.05) is 17.5 Å². The number of hydrogen-bond donors (Lipinski definition) is 2. The summed E-state index contributed by atoms with van der Waals surface area (Å²) >= 11 is 0. The number of anilines is 1. The van der Waals surface area contributed by atoms with E-state index in [0.717, 1.165) is 49.5 Å². The molecule has 1 saturated heterocycles. The molecule has 5 nitrogen and oxygen atoms in total. The molecule has 4 rings (SSSR count). The van der Waals surface area contributed by atoms with Crippen molar-refractivity contribution in [3.8, 4) is 0 Å². The second-order valence-corrected chi connectivity index (χ2v) is 6.48. The Kier molecular flexibility index (Phi) is 4.86. The summed E-state index contributed by atoms with van der Waals surface area (Å²) in [5.74, 6) is 0.879. The summed E-state index contributed by atoms with van der Waals surface area (Å²) in [7, 11) is 0. The maximum absolute atomic E-state index is 5.95.